The number of carbonyl (C=O) groups is 1. The Hall–Kier alpha value is -2.96. The Labute approximate surface area is 147 Å². The highest BCUT2D eigenvalue weighted by atomic mass is 19.4. The summed E-state index contributed by atoms with van der Waals surface area (Å²) in [5, 5.41) is 9.16. The first-order chi connectivity index (χ1) is 12.2. The third-order valence-electron chi connectivity index (χ3n) is 4.18. The van der Waals surface area contributed by atoms with Gasteiger partial charge in [-0.05, 0) is 54.3 Å². The van der Waals surface area contributed by atoms with E-state index < -0.39 is 12.3 Å². The van der Waals surface area contributed by atoms with E-state index in [-0.39, 0.29) is 12.2 Å². The number of alkyl halides is 3. The van der Waals surface area contributed by atoms with Gasteiger partial charge in [-0.3, -0.25) is 4.79 Å². The van der Waals surface area contributed by atoms with Crippen LogP contribution in [-0.4, -0.2) is 21.8 Å². The van der Waals surface area contributed by atoms with Gasteiger partial charge < -0.3 is 14.2 Å². The standard InChI is InChI=1S/C19H16F3NO3/c1-12-15(10-13-5-4-6-14(9-13)26-19(20,21)22)16-7-2-3-8-23(16)17(12)11-18(24)25/h2-9H,10-11H2,1H3,(H,24,25). The fraction of sp³-hybridized carbons (Fsp3) is 0.211. The predicted octanol–water partition coefficient (Wildman–Crippen LogP) is 4.36. The highest BCUT2D eigenvalue weighted by Gasteiger charge is 2.31. The topological polar surface area (TPSA) is 50.9 Å². The number of aromatic nitrogens is 1. The zero-order valence-corrected chi connectivity index (χ0v) is 13.9. The molecule has 2 heterocycles. The maximum Gasteiger partial charge on any atom is 0.573 e. The number of hydrogen-bond donors (Lipinski definition) is 1. The number of ether oxygens (including phenoxy) is 1. The Morgan fingerprint density at radius 3 is 2.65 bits per heavy atom. The molecule has 1 N–H and O–H groups in total. The lowest BCUT2D eigenvalue weighted by atomic mass is 10.0. The SMILES string of the molecule is Cc1c(Cc2cccc(OC(F)(F)F)c2)c2ccccn2c1CC(=O)O. The lowest BCUT2D eigenvalue weighted by Gasteiger charge is -2.10. The molecule has 0 unspecified atom stereocenters. The third kappa shape index (κ3) is 3.82. The number of nitrogens with zero attached hydrogens (tertiary/aromatic N) is 1. The Morgan fingerprint density at radius 2 is 1.96 bits per heavy atom. The van der Waals surface area contributed by atoms with Crippen molar-refractivity contribution in [3.8, 4) is 5.75 Å². The van der Waals surface area contributed by atoms with Crippen LogP contribution in [0, 0.1) is 6.92 Å². The van der Waals surface area contributed by atoms with Crippen LogP contribution in [0.3, 0.4) is 0 Å². The van der Waals surface area contributed by atoms with E-state index in [2.05, 4.69) is 4.74 Å². The summed E-state index contributed by atoms with van der Waals surface area (Å²) in [6.45, 7) is 1.83. The maximum atomic E-state index is 12.4. The van der Waals surface area contributed by atoms with E-state index in [0.717, 1.165) is 16.6 Å². The average molecular weight is 363 g/mol. The normalized spacial score (nSPS) is 11.7. The molecule has 26 heavy (non-hydrogen) atoms. The summed E-state index contributed by atoms with van der Waals surface area (Å²) in [5.74, 6) is -1.22. The Balaban J connectivity index is 2.00. The lowest BCUT2D eigenvalue weighted by Crippen LogP contribution is -2.17. The highest BCUT2D eigenvalue weighted by Crippen LogP contribution is 2.28. The number of fused-ring (bicyclic) bond motifs is 1. The summed E-state index contributed by atoms with van der Waals surface area (Å²) in [7, 11) is 0. The number of aliphatic carboxylic acids is 1. The molecule has 2 aromatic heterocycles. The number of benzene rings is 1. The van der Waals surface area contributed by atoms with Gasteiger partial charge in [0.2, 0.25) is 0 Å². The predicted molar refractivity (Wildman–Crippen MR) is 89.4 cm³/mol. The minimum atomic E-state index is -4.74. The van der Waals surface area contributed by atoms with Gasteiger partial charge in [0.1, 0.15) is 5.75 Å². The fourth-order valence-corrected chi connectivity index (χ4v) is 3.11. The average Bonchev–Trinajstić information content (AvgIpc) is 2.79. The summed E-state index contributed by atoms with van der Waals surface area (Å²) >= 11 is 0. The van der Waals surface area contributed by atoms with Gasteiger partial charge in [0.25, 0.3) is 0 Å². The maximum absolute atomic E-state index is 12.4. The summed E-state index contributed by atoms with van der Waals surface area (Å²) in [6.07, 6.45) is -2.72. The molecule has 0 spiro atoms. The zero-order chi connectivity index (χ0) is 18.9. The largest absolute Gasteiger partial charge is 0.573 e. The molecule has 0 saturated carbocycles. The van der Waals surface area contributed by atoms with Crippen LogP contribution in [0.25, 0.3) is 5.52 Å². The zero-order valence-electron chi connectivity index (χ0n) is 13.9. The lowest BCUT2D eigenvalue weighted by molar-refractivity contribution is -0.274. The molecule has 0 bridgehead atoms. The molecular formula is C19H16F3NO3. The van der Waals surface area contributed by atoms with Crippen LogP contribution in [0.2, 0.25) is 0 Å². The van der Waals surface area contributed by atoms with E-state index in [1.165, 1.54) is 18.2 Å². The Bertz CT molecular complexity index is 960. The van der Waals surface area contributed by atoms with E-state index in [1.807, 2.05) is 23.5 Å². The van der Waals surface area contributed by atoms with Gasteiger partial charge in [-0.25, -0.2) is 0 Å². The van der Waals surface area contributed by atoms with Gasteiger partial charge in [-0.1, -0.05) is 18.2 Å². The minimum absolute atomic E-state index is 0.131. The van der Waals surface area contributed by atoms with Gasteiger partial charge in [0, 0.05) is 17.4 Å². The second-order valence-electron chi connectivity index (χ2n) is 5.95. The molecule has 3 aromatic rings. The number of halogens is 3. The van der Waals surface area contributed by atoms with Crippen molar-refractivity contribution >= 4 is 11.5 Å². The summed E-state index contributed by atoms with van der Waals surface area (Å²) in [6, 6.07) is 11.3. The summed E-state index contributed by atoms with van der Waals surface area (Å²) in [4.78, 5) is 11.2. The molecule has 3 rings (SSSR count). The molecule has 0 atom stereocenters. The number of pyridine rings is 1. The van der Waals surface area contributed by atoms with Crippen LogP contribution in [-0.2, 0) is 17.6 Å². The molecule has 0 aliphatic heterocycles. The molecule has 0 aliphatic carbocycles. The minimum Gasteiger partial charge on any atom is -0.481 e. The van der Waals surface area contributed by atoms with Gasteiger partial charge in [-0.2, -0.15) is 0 Å². The van der Waals surface area contributed by atoms with Gasteiger partial charge in [0.05, 0.1) is 6.42 Å². The van der Waals surface area contributed by atoms with Crippen LogP contribution >= 0.6 is 0 Å². The van der Waals surface area contributed by atoms with E-state index in [9.17, 15) is 18.0 Å². The molecule has 136 valence electrons. The van der Waals surface area contributed by atoms with Crippen molar-refractivity contribution in [2.45, 2.75) is 26.1 Å². The van der Waals surface area contributed by atoms with E-state index in [1.54, 1.807) is 18.3 Å². The first kappa shape index (κ1) is 17.8. The quantitative estimate of drug-likeness (QED) is 0.733. The van der Waals surface area contributed by atoms with Crippen LogP contribution in [0.5, 0.6) is 5.75 Å². The molecule has 0 saturated heterocycles. The first-order valence-corrected chi connectivity index (χ1v) is 7.88. The summed E-state index contributed by atoms with van der Waals surface area (Å²) in [5.41, 5.74) is 3.84. The fourth-order valence-electron chi connectivity index (χ4n) is 3.11. The molecule has 4 nitrogen and oxygen atoms in total. The van der Waals surface area contributed by atoms with Gasteiger partial charge >= 0.3 is 12.3 Å². The Morgan fingerprint density at radius 1 is 1.19 bits per heavy atom. The molecule has 0 amide bonds. The van der Waals surface area contributed by atoms with Crippen molar-refractivity contribution in [3.63, 3.8) is 0 Å². The summed E-state index contributed by atoms with van der Waals surface area (Å²) < 4.78 is 43.0. The number of carboxylic acids is 1. The molecule has 0 aliphatic rings. The molecular weight excluding hydrogens is 347 g/mol. The number of carboxylic acid groups (broad SMARTS) is 1. The van der Waals surface area contributed by atoms with Crippen molar-refractivity contribution < 1.29 is 27.8 Å². The second-order valence-corrected chi connectivity index (χ2v) is 5.95. The van der Waals surface area contributed by atoms with Crippen molar-refractivity contribution in [1.29, 1.82) is 0 Å². The molecule has 7 heteroatoms. The molecule has 0 fully saturated rings. The van der Waals surface area contributed by atoms with Crippen LogP contribution in [0.1, 0.15) is 22.4 Å². The molecule has 1 aromatic carbocycles. The van der Waals surface area contributed by atoms with Crippen molar-refractivity contribution in [2.75, 3.05) is 0 Å². The van der Waals surface area contributed by atoms with E-state index in [4.69, 9.17) is 5.11 Å². The Kier molecular flexibility index (Phi) is 4.63. The smallest absolute Gasteiger partial charge is 0.481 e. The van der Waals surface area contributed by atoms with Crippen LogP contribution < -0.4 is 4.74 Å². The second kappa shape index (κ2) is 6.74. The van der Waals surface area contributed by atoms with Crippen LogP contribution in [0.15, 0.2) is 48.7 Å². The van der Waals surface area contributed by atoms with Crippen LogP contribution in [0.4, 0.5) is 13.2 Å². The van der Waals surface area contributed by atoms with Crippen molar-refractivity contribution in [3.05, 3.63) is 71.0 Å². The van der Waals surface area contributed by atoms with Gasteiger partial charge in [-0.15, -0.1) is 13.2 Å². The van der Waals surface area contributed by atoms with E-state index in [0.29, 0.717) is 17.7 Å². The third-order valence-corrected chi connectivity index (χ3v) is 4.18. The van der Waals surface area contributed by atoms with E-state index >= 15 is 0 Å². The van der Waals surface area contributed by atoms with Gasteiger partial charge in [0.15, 0.2) is 0 Å². The number of hydrogen-bond acceptors (Lipinski definition) is 2. The number of rotatable bonds is 5. The van der Waals surface area contributed by atoms with Crippen molar-refractivity contribution in [2.24, 2.45) is 0 Å². The molecule has 0 radical (unpaired) electrons. The highest BCUT2D eigenvalue weighted by molar-refractivity contribution is 5.73. The monoisotopic (exact) mass is 363 g/mol. The first-order valence-electron chi connectivity index (χ1n) is 7.88. The van der Waals surface area contributed by atoms with Crippen molar-refractivity contribution in [1.82, 2.24) is 4.40 Å².